The van der Waals surface area contributed by atoms with Gasteiger partial charge in [0.05, 0.1) is 13.7 Å². The van der Waals surface area contributed by atoms with Crippen molar-refractivity contribution in [1.29, 1.82) is 0 Å². The number of aromatic nitrogens is 3. The quantitative estimate of drug-likeness (QED) is 0.871. The molecule has 0 aromatic carbocycles. The summed E-state index contributed by atoms with van der Waals surface area (Å²) in [5, 5.41) is 5.73. The lowest BCUT2D eigenvalue weighted by atomic mass is 10.4. The Kier molecular flexibility index (Phi) is 4.41. The summed E-state index contributed by atoms with van der Waals surface area (Å²) in [4.78, 5) is 4.06. The SMILES string of the molecule is COc1ccsc1S(=O)(=O)NCc1ncnn1C(C)C. The van der Waals surface area contributed by atoms with E-state index in [1.807, 2.05) is 13.8 Å². The molecule has 110 valence electrons. The second kappa shape index (κ2) is 5.90. The van der Waals surface area contributed by atoms with Gasteiger partial charge in [-0.05, 0) is 25.3 Å². The van der Waals surface area contributed by atoms with Crippen LogP contribution in [0.25, 0.3) is 0 Å². The van der Waals surface area contributed by atoms with Crippen molar-refractivity contribution >= 4 is 21.4 Å². The molecule has 0 spiro atoms. The highest BCUT2D eigenvalue weighted by molar-refractivity contribution is 7.91. The van der Waals surface area contributed by atoms with E-state index < -0.39 is 10.0 Å². The first-order valence-electron chi connectivity index (χ1n) is 5.95. The Bertz CT molecular complexity index is 675. The zero-order chi connectivity index (χ0) is 14.8. The number of hydrogen-bond acceptors (Lipinski definition) is 6. The minimum absolute atomic E-state index is 0.0849. The van der Waals surface area contributed by atoms with Gasteiger partial charge >= 0.3 is 0 Å². The molecule has 0 unspecified atom stereocenters. The van der Waals surface area contributed by atoms with Crippen molar-refractivity contribution in [2.75, 3.05) is 7.11 Å². The fourth-order valence-electron chi connectivity index (χ4n) is 1.69. The maximum Gasteiger partial charge on any atom is 0.254 e. The van der Waals surface area contributed by atoms with Crippen LogP contribution in [0.1, 0.15) is 25.7 Å². The monoisotopic (exact) mass is 316 g/mol. The van der Waals surface area contributed by atoms with E-state index in [0.29, 0.717) is 11.6 Å². The van der Waals surface area contributed by atoms with Gasteiger partial charge in [0, 0.05) is 6.04 Å². The van der Waals surface area contributed by atoms with Gasteiger partial charge in [-0.3, -0.25) is 0 Å². The van der Waals surface area contributed by atoms with Gasteiger partial charge in [0.25, 0.3) is 10.0 Å². The van der Waals surface area contributed by atoms with E-state index in [1.54, 1.807) is 16.1 Å². The number of rotatable bonds is 6. The summed E-state index contributed by atoms with van der Waals surface area (Å²) >= 11 is 1.11. The molecule has 0 amide bonds. The number of ether oxygens (including phenoxy) is 1. The van der Waals surface area contributed by atoms with Crippen molar-refractivity contribution in [3.05, 3.63) is 23.6 Å². The van der Waals surface area contributed by atoms with Gasteiger partial charge in [0.1, 0.15) is 17.9 Å². The van der Waals surface area contributed by atoms with Gasteiger partial charge < -0.3 is 4.74 Å². The normalized spacial score (nSPS) is 12.0. The minimum Gasteiger partial charge on any atom is -0.494 e. The Morgan fingerprint density at radius 2 is 2.25 bits per heavy atom. The van der Waals surface area contributed by atoms with Crippen LogP contribution in [0.3, 0.4) is 0 Å². The van der Waals surface area contributed by atoms with E-state index >= 15 is 0 Å². The number of methoxy groups -OCH3 is 1. The lowest BCUT2D eigenvalue weighted by molar-refractivity contribution is 0.406. The molecule has 7 nitrogen and oxygen atoms in total. The average Bonchev–Trinajstić information content (AvgIpc) is 3.05. The predicted molar refractivity (Wildman–Crippen MR) is 75.3 cm³/mol. The molecular formula is C11H16N4O3S2. The van der Waals surface area contributed by atoms with E-state index in [0.717, 1.165) is 11.3 Å². The summed E-state index contributed by atoms with van der Waals surface area (Å²) in [7, 11) is -2.17. The van der Waals surface area contributed by atoms with Crippen molar-refractivity contribution in [1.82, 2.24) is 19.5 Å². The molecule has 9 heteroatoms. The molecule has 0 aliphatic heterocycles. The van der Waals surface area contributed by atoms with Crippen LogP contribution in [-0.4, -0.2) is 30.3 Å². The van der Waals surface area contributed by atoms with Crippen LogP contribution in [0.15, 0.2) is 22.0 Å². The fourth-order valence-corrected chi connectivity index (χ4v) is 3.99. The Labute approximate surface area is 121 Å². The van der Waals surface area contributed by atoms with E-state index in [-0.39, 0.29) is 16.8 Å². The maximum atomic E-state index is 12.2. The molecule has 0 atom stereocenters. The molecule has 2 aromatic rings. The van der Waals surface area contributed by atoms with Crippen molar-refractivity contribution < 1.29 is 13.2 Å². The summed E-state index contributed by atoms with van der Waals surface area (Å²) in [6, 6.07) is 1.74. The second-order valence-electron chi connectivity index (χ2n) is 4.32. The Morgan fingerprint density at radius 3 is 2.90 bits per heavy atom. The van der Waals surface area contributed by atoms with Gasteiger partial charge in [-0.25, -0.2) is 22.8 Å². The molecule has 0 bridgehead atoms. The van der Waals surface area contributed by atoms with E-state index in [1.165, 1.54) is 13.4 Å². The number of thiophene rings is 1. The molecule has 0 radical (unpaired) electrons. The molecule has 0 saturated heterocycles. The predicted octanol–water partition coefficient (Wildman–Crippen LogP) is 1.41. The van der Waals surface area contributed by atoms with Gasteiger partial charge in [0.2, 0.25) is 0 Å². The van der Waals surface area contributed by atoms with Crippen molar-refractivity contribution in [2.45, 2.75) is 30.6 Å². The number of nitrogens with zero attached hydrogens (tertiary/aromatic N) is 3. The van der Waals surface area contributed by atoms with Crippen LogP contribution in [0.4, 0.5) is 0 Å². The zero-order valence-electron chi connectivity index (χ0n) is 11.4. The highest BCUT2D eigenvalue weighted by atomic mass is 32.2. The number of nitrogens with one attached hydrogen (secondary N) is 1. The zero-order valence-corrected chi connectivity index (χ0v) is 13.0. The van der Waals surface area contributed by atoms with Gasteiger partial charge in [-0.15, -0.1) is 11.3 Å². The highest BCUT2D eigenvalue weighted by Gasteiger charge is 2.21. The van der Waals surface area contributed by atoms with Crippen LogP contribution in [0.2, 0.25) is 0 Å². The van der Waals surface area contributed by atoms with Gasteiger partial charge in [0.15, 0.2) is 4.21 Å². The lowest BCUT2D eigenvalue weighted by Crippen LogP contribution is -2.25. The molecule has 2 rings (SSSR count). The third kappa shape index (κ3) is 3.00. The number of sulfonamides is 1. The lowest BCUT2D eigenvalue weighted by Gasteiger charge is -2.10. The Morgan fingerprint density at radius 1 is 1.50 bits per heavy atom. The molecule has 2 aromatic heterocycles. The van der Waals surface area contributed by atoms with Crippen LogP contribution in [0, 0.1) is 0 Å². The Hall–Kier alpha value is -1.45. The molecular weight excluding hydrogens is 300 g/mol. The summed E-state index contributed by atoms with van der Waals surface area (Å²) in [5.41, 5.74) is 0. The van der Waals surface area contributed by atoms with Crippen LogP contribution in [0.5, 0.6) is 5.75 Å². The molecule has 0 saturated carbocycles. The smallest absolute Gasteiger partial charge is 0.254 e. The molecule has 20 heavy (non-hydrogen) atoms. The largest absolute Gasteiger partial charge is 0.494 e. The minimum atomic E-state index is -3.62. The standard InChI is InChI=1S/C11H16N4O3S2/c1-8(2)15-10(12-7-13-15)6-14-20(16,17)11-9(18-3)4-5-19-11/h4-5,7-8,14H,6H2,1-3H3. The van der Waals surface area contributed by atoms with Gasteiger partial charge in [-0.1, -0.05) is 0 Å². The molecule has 0 aliphatic carbocycles. The summed E-state index contributed by atoms with van der Waals surface area (Å²) in [5.74, 6) is 0.909. The summed E-state index contributed by atoms with van der Waals surface area (Å²) in [6.07, 6.45) is 1.41. The molecule has 1 N–H and O–H groups in total. The van der Waals surface area contributed by atoms with Crippen LogP contribution in [-0.2, 0) is 16.6 Å². The third-order valence-corrected chi connectivity index (χ3v) is 5.46. The molecule has 0 aliphatic rings. The van der Waals surface area contributed by atoms with Crippen molar-refractivity contribution in [3.63, 3.8) is 0 Å². The Balaban J connectivity index is 2.16. The van der Waals surface area contributed by atoms with E-state index in [9.17, 15) is 8.42 Å². The third-order valence-electron chi connectivity index (χ3n) is 2.62. The summed E-state index contributed by atoms with van der Waals surface area (Å²) in [6.45, 7) is 3.99. The van der Waals surface area contributed by atoms with Crippen molar-refractivity contribution in [2.24, 2.45) is 0 Å². The highest BCUT2D eigenvalue weighted by Crippen LogP contribution is 2.29. The average molecular weight is 316 g/mol. The van der Waals surface area contributed by atoms with E-state index in [4.69, 9.17) is 4.74 Å². The summed E-state index contributed by atoms with van der Waals surface area (Å²) < 4.78 is 33.8. The molecule has 2 heterocycles. The van der Waals surface area contributed by atoms with Gasteiger partial charge in [-0.2, -0.15) is 5.10 Å². The first kappa shape index (κ1) is 14.9. The fraction of sp³-hybridized carbons (Fsp3) is 0.455. The van der Waals surface area contributed by atoms with Crippen LogP contribution >= 0.6 is 11.3 Å². The molecule has 0 fully saturated rings. The van der Waals surface area contributed by atoms with Crippen molar-refractivity contribution in [3.8, 4) is 5.75 Å². The first-order chi connectivity index (χ1) is 9.45. The topological polar surface area (TPSA) is 86.1 Å². The maximum absolute atomic E-state index is 12.2. The van der Waals surface area contributed by atoms with E-state index in [2.05, 4.69) is 14.8 Å². The number of hydrogen-bond donors (Lipinski definition) is 1. The first-order valence-corrected chi connectivity index (χ1v) is 8.31. The second-order valence-corrected chi connectivity index (χ2v) is 7.19. The van der Waals surface area contributed by atoms with Crippen LogP contribution < -0.4 is 9.46 Å².